The van der Waals surface area contributed by atoms with Crippen molar-refractivity contribution in [3.05, 3.63) is 93.6 Å². The molecule has 2 heterocycles. The lowest BCUT2D eigenvalue weighted by Gasteiger charge is -2.13. The summed E-state index contributed by atoms with van der Waals surface area (Å²) in [4.78, 5) is 19.2. The number of halogens is 1. The molecule has 5 rings (SSSR count). The molecule has 0 radical (unpaired) electrons. The van der Waals surface area contributed by atoms with Crippen LogP contribution in [-0.2, 0) is 11.2 Å². The van der Waals surface area contributed by atoms with Gasteiger partial charge < -0.3 is 9.47 Å². The van der Waals surface area contributed by atoms with E-state index in [0.29, 0.717) is 5.56 Å². The molecule has 1 aliphatic carbocycles. The summed E-state index contributed by atoms with van der Waals surface area (Å²) in [7, 11) is 0. The summed E-state index contributed by atoms with van der Waals surface area (Å²) < 4.78 is 24.6. The zero-order chi connectivity index (χ0) is 21.9. The number of carbonyl (C=O) groups excluding carboxylic acids is 1. The highest BCUT2D eigenvalue weighted by atomic mass is 32.1. The topological polar surface area (TPSA) is 48.4 Å². The minimum absolute atomic E-state index is 0.0243. The molecule has 0 spiro atoms. The van der Waals surface area contributed by atoms with E-state index in [1.807, 2.05) is 35.7 Å². The van der Waals surface area contributed by atoms with Crippen molar-refractivity contribution in [1.82, 2.24) is 4.98 Å². The quantitative estimate of drug-likeness (QED) is 0.264. The summed E-state index contributed by atoms with van der Waals surface area (Å²) in [6, 6.07) is 17.9. The van der Waals surface area contributed by atoms with Crippen LogP contribution in [0.4, 0.5) is 4.39 Å². The third-order valence-electron chi connectivity index (χ3n) is 5.42. The molecule has 0 bridgehead atoms. The van der Waals surface area contributed by atoms with Gasteiger partial charge in [-0.05, 0) is 59.7 Å². The number of hydrogen-bond donors (Lipinski definition) is 0. The van der Waals surface area contributed by atoms with Crippen LogP contribution in [0.2, 0.25) is 0 Å². The van der Waals surface area contributed by atoms with Crippen LogP contribution in [0, 0.1) is 5.82 Å². The van der Waals surface area contributed by atoms with Crippen molar-refractivity contribution in [2.75, 3.05) is 13.2 Å². The van der Waals surface area contributed by atoms with E-state index < -0.39 is 11.8 Å². The van der Waals surface area contributed by atoms with Gasteiger partial charge in [0, 0.05) is 10.3 Å². The predicted molar refractivity (Wildman–Crippen MR) is 124 cm³/mol. The first-order valence-electron chi connectivity index (χ1n) is 10.4. The van der Waals surface area contributed by atoms with Crippen LogP contribution in [0.5, 0.6) is 5.75 Å². The zero-order valence-electron chi connectivity index (χ0n) is 17.2. The van der Waals surface area contributed by atoms with E-state index in [1.165, 1.54) is 6.07 Å². The Balaban J connectivity index is 1.41. The largest absolute Gasteiger partial charge is 0.487 e. The van der Waals surface area contributed by atoms with E-state index in [2.05, 4.69) is 12.1 Å². The van der Waals surface area contributed by atoms with Crippen LogP contribution < -0.4 is 4.74 Å². The molecule has 4 nitrogen and oxygen atoms in total. The SMILES string of the molecule is O=C(OCCOc1ccccc1F)c1c2c(nc3ccccc13)C(=Cc1cccs1)CC2. The number of thiophene rings is 1. The maximum atomic E-state index is 13.7. The summed E-state index contributed by atoms with van der Waals surface area (Å²) >= 11 is 1.67. The molecule has 2 aromatic heterocycles. The molecule has 160 valence electrons. The van der Waals surface area contributed by atoms with Crippen molar-refractivity contribution in [1.29, 1.82) is 0 Å². The minimum Gasteiger partial charge on any atom is -0.487 e. The number of esters is 1. The van der Waals surface area contributed by atoms with Gasteiger partial charge in [0.15, 0.2) is 11.6 Å². The van der Waals surface area contributed by atoms with Gasteiger partial charge >= 0.3 is 5.97 Å². The minimum atomic E-state index is -0.443. The molecule has 6 heteroatoms. The predicted octanol–water partition coefficient (Wildman–Crippen LogP) is 6.16. The summed E-state index contributed by atoms with van der Waals surface area (Å²) in [6.07, 6.45) is 3.71. The number of hydrogen-bond acceptors (Lipinski definition) is 5. The smallest absolute Gasteiger partial charge is 0.339 e. The van der Waals surface area contributed by atoms with Crippen LogP contribution in [0.3, 0.4) is 0 Å². The van der Waals surface area contributed by atoms with Gasteiger partial charge in [-0.3, -0.25) is 0 Å². The first-order chi connectivity index (χ1) is 15.7. The van der Waals surface area contributed by atoms with Gasteiger partial charge in [-0.25, -0.2) is 14.2 Å². The molecule has 4 aromatic rings. The second kappa shape index (κ2) is 8.93. The number of nitrogens with zero attached hydrogens (tertiary/aromatic N) is 1. The molecule has 0 atom stereocenters. The van der Waals surface area contributed by atoms with Crippen molar-refractivity contribution in [3.63, 3.8) is 0 Å². The molecule has 0 fully saturated rings. The molecular formula is C26H20FNO3S. The van der Waals surface area contributed by atoms with Crippen molar-refractivity contribution in [2.45, 2.75) is 12.8 Å². The lowest BCUT2D eigenvalue weighted by molar-refractivity contribution is 0.0449. The van der Waals surface area contributed by atoms with Gasteiger partial charge in [-0.15, -0.1) is 11.3 Å². The average Bonchev–Trinajstić information content (AvgIpc) is 3.46. The molecular weight excluding hydrogens is 425 g/mol. The Morgan fingerprint density at radius 2 is 1.88 bits per heavy atom. The Labute approximate surface area is 189 Å². The fourth-order valence-electron chi connectivity index (χ4n) is 3.98. The molecule has 0 saturated carbocycles. The van der Waals surface area contributed by atoms with Crippen LogP contribution in [0.15, 0.2) is 66.0 Å². The fraction of sp³-hybridized carbons (Fsp3) is 0.154. The summed E-state index contributed by atoms with van der Waals surface area (Å²) in [5, 5.41) is 2.83. The van der Waals surface area contributed by atoms with E-state index in [0.717, 1.165) is 45.5 Å². The number of carbonyl (C=O) groups is 1. The van der Waals surface area contributed by atoms with Gasteiger partial charge in [0.1, 0.15) is 13.2 Å². The summed E-state index contributed by atoms with van der Waals surface area (Å²) in [5.41, 5.74) is 4.24. The highest BCUT2D eigenvalue weighted by molar-refractivity contribution is 7.10. The maximum Gasteiger partial charge on any atom is 0.339 e. The van der Waals surface area contributed by atoms with Gasteiger partial charge in [-0.2, -0.15) is 0 Å². The van der Waals surface area contributed by atoms with E-state index in [4.69, 9.17) is 14.5 Å². The number of ether oxygens (including phenoxy) is 2. The number of para-hydroxylation sites is 2. The maximum absolute atomic E-state index is 13.7. The first-order valence-corrected chi connectivity index (χ1v) is 11.3. The molecule has 0 saturated heterocycles. The first kappa shape index (κ1) is 20.4. The molecule has 0 aliphatic heterocycles. The van der Waals surface area contributed by atoms with Crippen molar-refractivity contribution >= 4 is 39.9 Å². The van der Waals surface area contributed by atoms with E-state index in [-0.39, 0.29) is 19.0 Å². The molecule has 0 unspecified atom stereocenters. The zero-order valence-corrected chi connectivity index (χ0v) is 18.0. The number of benzene rings is 2. The van der Waals surface area contributed by atoms with Crippen LogP contribution in [-0.4, -0.2) is 24.2 Å². The third-order valence-corrected chi connectivity index (χ3v) is 6.24. The number of rotatable bonds is 6. The van der Waals surface area contributed by atoms with Gasteiger partial charge in [0.2, 0.25) is 0 Å². The van der Waals surface area contributed by atoms with Gasteiger partial charge in [-0.1, -0.05) is 36.4 Å². The lowest BCUT2D eigenvalue weighted by atomic mass is 10.0. The molecule has 0 N–H and O–H groups in total. The van der Waals surface area contributed by atoms with Crippen LogP contribution in [0.1, 0.15) is 32.9 Å². The number of pyridine rings is 1. The number of aromatic nitrogens is 1. The van der Waals surface area contributed by atoms with Crippen molar-refractivity contribution < 1.29 is 18.7 Å². The molecule has 1 aliphatic rings. The van der Waals surface area contributed by atoms with Gasteiger partial charge in [0.05, 0.1) is 16.8 Å². The lowest BCUT2D eigenvalue weighted by Crippen LogP contribution is -2.15. The Hall–Kier alpha value is -3.51. The monoisotopic (exact) mass is 445 g/mol. The Kier molecular flexibility index (Phi) is 5.69. The van der Waals surface area contributed by atoms with Gasteiger partial charge in [0.25, 0.3) is 0 Å². The Morgan fingerprint density at radius 1 is 1.03 bits per heavy atom. The second-order valence-electron chi connectivity index (χ2n) is 7.43. The Morgan fingerprint density at radius 3 is 2.72 bits per heavy atom. The van der Waals surface area contributed by atoms with E-state index >= 15 is 0 Å². The van der Waals surface area contributed by atoms with Crippen LogP contribution >= 0.6 is 11.3 Å². The molecule has 2 aromatic carbocycles. The Bertz CT molecular complexity index is 1310. The molecule has 32 heavy (non-hydrogen) atoms. The second-order valence-corrected chi connectivity index (χ2v) is 8.41. The van der Waals surface area contributed by atoms with E-state index in [9.17, 15) is 9.18 Å². The highest BCUT2D eigenvalue weighted by Crippen LogP contribution is 2.38. The standard InChI is InChI=1S/C26H20FNO3S/c27-21-8-2-4-10-23(21)30-13-14-31-26(29)24-19-7-1-3-9-22(19)28-25-17(11-12-20(24)25)16-18-6-5-15-32-18/h1-10,15-16H,11-14H2. The molecule has 0 amide bonds. The average molecular weight is 446 g/mol. The number of allylic oxidation sites excluding steroid dienone is 1. The van der Waals surface area contributed by atoms with Crippen LogP contribution in [0.25, 0.3) is 22.6 Å². The third kappa shape index (κ3) is 4.01. The van der Waals surface area contributed by atoms with Crippen molar-refractivity contribution in [3.8, 4) is 5.75 Å². The fourth-order valence-corrected chi connectivity index (χ4v) is 4.66. The van der Waals surface area contributed by atoms with E-state index in [1.54, 1.807) is 29.5 Å². The summed E-state index contributed by atoms with van der Waals surface area (Å²) in [6.45, 7) is 0.0951. The van der Waals surface area contributed by atoms with Crippen molar-refractivity contribution in [2.24, 2.45) is 0 Å². The number of fused-ring (bicyclic) bond motifs is 2. The highest BCUT2D eigenvalue weighted by Gasteiger charge is 2.27. The summed E-state index contributed by atoms with van der Waals surface area (Å²) in [5.74, 6) is -0.710. The normalized spacial score (nSPS) is 14.0.